The van der Waals surface area contributed by atoms with Crippen LogP contribution < -0.4 is 0 Å². The summed E-state index contributed by atoms with van der Waals surface area (Å²) in [4.78, 5) is 0. The van der Waals surface area contributed by atoms with Gasteiger partial charge in [0.2, 0.25) is 0 Å². The summed E-state index contributed by atoms with van der Waals surface area (Å²) in [5.74, 6) is 0. The van der Waals surface area contributed by atoms with Gasteiger partial charge < -0.3 is 0 Å². The number of aryl methyl sites for hydroxylation is 1. The molecule has 0 bridgehead atoms. The Morgan fingerprint density at radius 1 is 0.923 bits per heavy atom. The van der Waals surface area contributed by atoms with Gasteiger partial charge in [-0.25, -0.2) is 0 Å². The van der Waals surface area contributed by atoms with Crippen molar-refractivity contribution in [3.8, 4) is 0 Å². The monoisotopic (exact) mass is 163 g/mol. The Morgan fingerprint density at radius 3 is 2.31 bits per heavy atom. The summed E-state index contributed by atoms with van der Waals surface area (Å²) in [7, 11) is 0. The van der Waals surface area contributed by atoms with Gasteiger partial charge in [-0.1, -0.05) is 49.4 Å². The predicted molar refractivity (Wildman–Crippen MR) is 59.1 cm³/mol. The van der Waals surface area contributed by atoms with Gasteiger partial charge in [0.05, 0.1) is 0 Å². The van der Waals surface area contributed by atoms with Gasteiger partial charge in [-0.2, -0.15) is 0 Å². The maximum atomic E-state index is 2.26. The summed E-state index contributed by atoms with van der Waals surface area (Å²) < 4.78 is 0. The van der Waals surface area contributed by atoms with Crippen molar-refractivity contribution in [2.45, 2.75) is 13.3 Å². The molecule has 13 heavy (non-hydrogen) atoms. The number of hydrogen-bond acceptors (Lipinski definition) is 0. The van der Waals surface area contributed by atoms with Crippen LogP contribution in [-0.2, 0) is 6.42 Å². The van der Waals surface area contributed by atoms with Crippen LogP contribution >= 0.6 is 0 Å². The Hall–Kier alpha value is -0.703. The third-order valence-electron chi connectivity index (χ3n) is 2.22. The van der Waals surface area contributed by atoms with E-state index in [1.807, 2.05) is 0 Å². The third-order valence-corrected chi connectivity index (χ3v) is 2.22. The van der Waals surface area contributed by atoms with Crippen molar-refractivity contribution >= 4 is 29.6 Å². The van der Waals surface area contributed by atoms with E-state index in [2.05, 4.69) is 49.4 Å². The molecule has 0 aromatic heterocycles. The van der Waals surface area contributed by atoms with Crippen LogP contribution in [0.25, 0.3) is 10.8 Å². The topological polar surface area (TPSA) is 0 Å². The summed E-state index contributed by atoms with van der Waals surface area (Å²) in [5, 5.41) is 2.67. The molecule has 0 aliphatic carbocycles. The average Bonchev–Trinajstić information content (AvgIpc) is 2.17. The molecule has 2 rings (SSSR count). The molecule has 61 valence electrons. The molecule has 0 nitrogen and oxygen atoms in total. The average molecular weight is 163 g/mol. The van der Waals surface area contributed by atoms with E-state index in [1.165, 1.54) is 16.3 Å². The van der Waals surface area contributed by atoms with Crippen molar-refractivity contribution in [1.82, 2.24) is 0 Å². The Labute approximate surface area is 91.1 Å². The first-order valence-electron chi connectivity index (χ1n) is 4.38. The van der Waals surface area contributed by atoms with Gasteiger partial charge in [0.25, 0.3) is 0 Å². The summed E-state index contributed by atoms with van der Waals surface area (Å²) in [6.07, 6.45) is 1.12. The molecular formula is C12H12Li. The fourth-order valence-corrected chi connectivity index (χ4v) is 1.46. The SMILES string of the molecule is CCc1ccc2ccccc2c1.[Li]. The number of rotatable bonds is 1. The van der Waals surface area contributed by atoms with E-state index in [0.29, 0.717) is 0 Å². The molecule has 0 spiro atoms. The maximum Gasteiger partial charge on any atom is 0 e. The molecule has 2 aromatic carbocycles. The van der Waals surface area contributed by atoms with Gasteiger partial charge in [0, 0.05) is 18.9 Å². The quantitative estimate of drug-likeness (QED) is 0.567. The first kappa shape index (κ1) is 10.4. The normalized spacial score (nSPS) is 9.62. The van der Waals surface area contributed by atoms with Crippen molar-refractivity contribution in [2.75, 3.05) is 0 Å². The standard InChI is InChI=1S/C12H12.Li/c1-2-10-7-8-11-5-3-4-6-12(11)9-10;/h3-9H,2H2,1H3;. The Bertz CT molecular complexity index is 393. The van der Waals surface area contributed by atoms with Gasteiger partial charge in [0.1, 0.15) is 0 Å². The molecule has 1 heteroatoms. The van der Waals surface area contributed by atoms with Crippen molar-refractivity contribution in [3.63, 3.8) is 0 Å². The molecule has 0 saturated heterocycles. The van der Waals surface area contributed by atoms with Crippen molar-refractivity contribution in [3.05, 3.63) is 48.0 Å². The molecule has 0 aliphatic heterocycles. The molecule has 0 atom stereocenters. The van der Waals surface area contributed by atoms with E-state index in [0.717, 1.165) is 6.42 Å². The van der Waals surface area contributed by atoms with Crippen molar-refractivity contribution < 1.29 is 0 Å². The fourth-order valence-electron chi connectivity index (χ4n) is 1.46. The molecule has 0 heterocycles. The molecule has 1 radical (unpaired) electrons. The second-order valence-electron chi connectivity index (χ2n) is 3.04. The summed E-state index contributed by atoms with van der Waals surface area (Å²) >= 11 is 0. The molecular weight excluding hydrogens is 151 g/mol. The molecule has 0 unspecified atom stereocenters. The molecule has 0 amide bonds. The van der Waals surface area contributed by atoms with Crippen LogP contribution in [0.4, 0.5) is 0 Å². The van der Waals surface area contributed by atoms with Crippen LogP contribution in [0, 0.1) is 0 Å². The van der Waals surface area contributed by atoms with Gasteiger partial charge in [-0.05, 0) is 22.8 Å². The Morgan fingerprint density at radius 2 is 1.62 bits per heavy atom. The van der Waals surface area contributed by atoms with Crippen LogP contribution in [0.15, 0.2) is 42.5 Å². The number of hydrogen-bond donors (Lipinski definition) is 0. The minimum absolute atomic E-state index is 0. The zero-order chi connectivity index (χ0) is 8.39. The molecule has 0 saturated carbocycles. The van der Waals surface area contributed by atoms with Crippen LogP contribution in [0.1, 0.15) is 12.5 Å². The zero-order valence-electron chi connectivity index (χ0n) is 8.25. The molecule has 0 N–H and O–H groups in total. The smallest absolute Gasteiger partial charge is 0 e. The first-order valence-corrected chi connectivity index (χ1v) is 4.38. The second-order valence-corrected chi connectivity index (χ2v) is 3.04. The molecule has 0 aliphatic rings. The van der Waals surface area contributed by atoms with E-state index in [-0.39, 0.29) is 18.9 Å². The van der Waals surface area contributed by atoms with Gasteiger partial charge in [0.15, 0.2) is 0 Å². The van der Waals surface area contributed by atoms with Gasteiger partial charge in [-0.15, -0.1) is 0 Å². The minimum atomic E-state index is 0. The van der Waals surface area contributed by atoms with Crippen molar-refractivity contribution in [2.24, 2.45) is 0 Å². The maximum absolute atomic E-state index is 2.26. The first-order chi connectivity index (χ1) is 5.90. The van der Waals surface area contributed by atoms with E-state index in [4.69, 9.17) is 0 Å². The fraction of sp³-hybridized carbons (Fsp3) is 0.167. The predicted octanol–water partition coefficient (Wildman–Crippen LogP) is 3.02. The van der Waals surface area contributed by atoms with Crippen LogP contribution in [-0.4, -0.2) is 18.9 Å². The molecule has 0 fully saturated rings. The second kappa shape index (κ2) is 4.51. The van der Waals surface area contributed by atoms with Crippen LogP contribution in [0.2, 0.25) is 0 Å². The number of fused-ring (bicyclic) bond motifs is 1. The molecule has 2 aromatic rings. The largest absolute Gasteiger partial charge is 0.0616 e. The van der Waals surface area contributed by atoms with E-state index < -0.39 is 0 Å². The van der Waals surface area contributed by atoms with Crippen LogP contribution in [0.5, 0.6) is 0 Å². The summed E-state index contributed by atoms with van der Waals surface area (Å²) in [5.41, 5.74) is 1.41. The van der Waals surface area contributed by atoms with E-state index in [9.17, 15) is 0 Å². The third kappa shape index (κ3) is 2.15. The van der Waals surface area contributed by atoms with E-state index in [1.54, 1.807) is 0 Å². The van der Waals surface area contributed by atoms with Crippen LogP contribution in [0.3, 0.4) is 0 Å². The number of benzene rings is 2. The summed E-state index contributed by atoms with van der Waals surface area (Å²) in [6.45, 7) is 2.18. The van der Waals surface area contributed by atoms with Gasteiger partial charge >= 0.3 is 0 Å². The zero-order valence-corrected chi connectivity index (χ0v) is 8.25. The van der Waals surface area contributed by atoms with Gasteiger partial charge in [-0.3, -0.25) is 0 Å². The van der Waals surface area contributed by atoms with Crippen molar-refractivity contribution in [1.29, 1.82) is 0 Å². The minimum Gasteiger partial charge on any atom is -0.0616 e. The van der Waals surface area contributed by atoms with E-state index >= 15 is 0 Å². The Kier molecular flexibility index (Phi) is 3.60. The Balaban J connectivity index is 0.000000845. The summed E-state index contributed by atoms with van der Waals surface area (Å²) in [6, 6.07) is 15.1.